The molecule has 0 saturated carbocycles. The molecule has 1 saturated heterocycles. The van der Waals surface area contributed by atoms with Gasteiger partial charge in [0.05, 0.1) is 12.8 Å². The third-order valence-corrected chi connectivity index (χ3v) is 6.06. The number of carbonyl (C=O) groups is 2. The van der Waals surface area contributed by atoms with Crippen molar-refractivity contribution in [1.29, 1.82) is 0 Å². The monoisotopic (exact) mass is 372 g/mol. The lowest BCUT2D eigenvalue weighted by molar-refractivity contribution is -0.139. The number of hydrogen-bond donors (Lipinski definition) is 2. The molecule has 0 unspecified atom stereocenters. The third-order valence-electron chi connectivity index (χ3n) is 4.12. The molecule has 2 heterocycles. The van der Waals surface area contributed by atoms with Crippen molar-refractivity contribution in [2.75, 3.05) is 33.7 Å². The SMILES string of the molecule is CN(C)S(=O)(=O)N1CCC(CNC(=O)C(=O)NCc2ccco2)CC1. The molecule has 0 bridgehead atoms. The largest absolute Gasteiger partial charge is 0.467 e. The van der Waals surface area contributed by atoms with E-state index >= 15 is 0 Å². The second-order valence-electron chi connectivity index (χ2n) is 6.10. The first-order valence-electron chi connectivity index (χ1n) is 8.06. The summed E-state index contributed by atoms with van der Waals surface area (Å²) in [5.74, 6) is -0.704. The Morgan fingerprint density at radius 3 is 2.44 bits per heavy atom. The summed E-state index contributed by atoms with van der Waals surface area (Å²) < 4.78 is 31.8. The highest BCUT2D eigenvalue weighted by molar-refractivity contribution is 7.86. The first-order chi connectivity index (χ1) is 11.8. The lowest BCUT2D eigenvalue weighted by Crippen LogP contribution is -2.47. The molecule has 1 aromatic rings. The zero-order valence-electron chi connectivity index (χ0n) is 14.4. The number of hydrogen-bond acceptors (Lipinski definition) is 5. The highest BCUT2D eigenvalue weighted by Crippen LogP contribution is 2.19. The summed E-state index contributed by atoms with van der Waals surface area (Å²) in [6.45, 7) is 1.32. The zero-order chi connectivity index (χ0) is 18.4. The second-order valence-corrected chi connectivity index (χ2v) is 8.25. The summed E-state index contributed by atoms with van der Waals surface area (Å²) in [5.41, 5.74) is 0. The summed E-state index contributed by atoms with van der Waals surface area (Å²) in [6.07, 6.45) is 2.77. The predicted octanol–water partition coefficient (Wildman–Crippen LogP) is -0.470. The summed E-state index contributed by atoms with van der Waals surface area (Å²) >= 11 is 0. The van der Waals surface area contributed by atoms with Crippen LogP contribution in [0.2, 0.25) is 0 Å². The molecule has 2 rings (SSSR count). The molecular formula is C15H24N4O5S. The minimum Gasteiger partial charge on any atom is -0.467 e. The van der Waals surface area contributed by atoms with Crippen molar-refractivity contribution >= 4 is 22.0 Å². The maximum atomic E-state index is 12.0. The molecule has 0 spiro atoms. The van der Waals surface area contributed by atoms with E-state index in [1.807, 2.05) is 0 Å². The van der Waals surface area contributed by atoms with Gasteiger partial charge in [-0.2, -0.15) is 17.0 Å². The minimum absolute atomic E-state index is 0.149. The molecular weight excluding hydrogens is 348 g/mol. The van der Waals surface area contributed by atoms with Crippen LogP contribution in [0.5, 0.6) is 0 Å². The van der Waals surface area contributed by atoms with Crippen molar-refractivity contribution in [3.63, 3.8) is 0 Å². The maximum absolute atomic E-state index is 12.0. The molecule has 0 atom stereocenters. The van der Waals surface area contributed by atoms with Crippen molar-refractivity contribution in [3.05, 3.63) is 24.2 Å². The lowest BCUT2D eigenvalue weighted by atomic mass is 9.98. The summed E-state index contributed by atoms with van der Waals surface area (Å²) in [7, 11) is -0.385. The lowest BCUT2D eigenvalue weighted by Gasteiger charge is -2.32. The fraction of sp³-hybridized carbons (Fsp3) is 0.600. The van der Waals surface area contributed by atoms with E-state index in [0.717, 1.165) is 0 Å². The van der Waals surface area contributed by atoms with Crippen LogP contribution in [-0.4, -0.2) is 62.6 Å². The molecule has 0 aliphatic carbocycles. The van der Waals surface area contributed by atoms with E-state index in [1.54, 1.807) is 12.1 Å². The van der Waals surface area contributed by atoms with Crippen LogP contribution in [0.25, 0.3) is 0 Å². The Labute approximate surface area is 147 Å². The van der Waals surface area contributed by atoms with Crippen LogP contribution < -0.4 is 10.6 Å². The molecule has 9 nitrogen and oxygen atoms in total. The average molecular weight is 372 g/mol. The smallest absolute Gasteiger partial charge is 0.309 e. The number of rotatable bonds is 6. The van der Waals surface area contributed by atoms with Gasteiger partial charge in [0.1, 0.15) is 5.76 Å². The van der Waals surface area contributed by atoms with Crippen LogP contribution in [0.1, 0.15) is 18.6 Å². The van der Waals surface area contributed by atoms with E-state index in [9.17, 15) is 18.0 Å². The average Bonchev–Trinajstić information content (AvgIpc) is 3.11. The van der Waals surface area contributed by atoms with Gasteiger partial charge in [-0.05, 0) is 30.9 Å². The quantitative estimate of drug-likeness (QED) is 0.656. The Hall–Kier alpha value is -1.91. The van der Waals surface area contributed by atoms with E-state index in [2.05, 4.69) is 10.6 Å². The molecule has 140 valence electrons. The minimum atomic E-state index is -3.39. The molecule has 2 N–H and O–H groups in total. The van der Waals surface area contributed by atoms with Crippen LogP contribution >= 0.6 is 0 Å². The first-order valence-corrected chi connectivity index (χ1v) is 9.46. The number of furan rings is 1. The second kappa shape index (κ2) is 8.45. The van der Waals surface area contributed by atoms with Gasteiger partial charge in [0.2, 0.25) is 0 Å². The summed E-state index contributed by atoms with van der Waals surface area (Å²) in [5, 5.41) is 5.07. The predicted molar refractivity (Wildman–Crippen MR) is 90.5 cm³/mol. The van der Waals surface area contributed by atoms with Gasteiger partial charge >= 0.3 is 11.8 Å². The molecule has 0 aromatic carbocycles. The van der Waals surface area contributed by atoms with Crippen molar-refractivity contribution < 1.29 is 22.4 Å². The van der Waals surface area contributed by atoms with Gasteiger partial charge in [0, 0.05) is 33.7 Å². The standard InChI is InChI=1S/C15H24N4O5S/c1-18(2)25(22,23)19-7-5-12(6-8-19)10-16-14(20)15(21)17-11-13-4-3-9-24-13/h3-4,9,12H,5-8,10-11H2,1-2H3,(H,16,20)(H,17,21). The van der Waals surface area contributed by atoms with Crippen LogP contribution in [0.15, 0.2) is 22.8 Å². The fourth-order valence-electron chi connectivity index (χ4n) is 2.55. The van der Waals surface area contributed by atoms with E-state index in [-0.39, 0.29) is 12.5 Å². The molecule has 1 aliphatic heterocycles. The van der Waals surface area contributed by atoms with Gasteiger partial charge in [0.15, 0.2) is 0 Å². The van der Waals surface area contributed by atoms with Crippen molar-refractivity contribution in [1.82, 2.24) is 19.2 Å². The Morgan fingerprint density at radius 1 is 1.24 bits per heavy atom. The van der Waals surface area contributed by atoms with Crippen LogP contribution in [-0.2, 0) is 26.3 Å². The number of carbonyl (C=O) groups excluding carboxylic acids is 2. The molecule has 1 aromatic heterocycles. The van der Waals surface area contributed by atoms with Crippen LogP contribution in [0.4, 0.5) is 0 Å². The Morgan fingerprint density at radius 2 is 1.88 bits per heavy atom. The summed E-state index contributed by atoms with van der Waals surface area (Å²) in [6, 6.07) is 3.40. The third kappa shape index (κ3) is 5.28. The van der Waals surface area contributed by atoms with Crippen LogP contribution in [0.3, 0.4) is 0 Å². The normalized spacial score (nSPS) is 16.8. The van der Waals surface area contributed by atoms with Gasteiger partial charge in [0.25, 0.3) is 10.2 Å². The molecule has 2 amide bonds. The number of amides is 2. The molecule has 1 aliphatic rings. The van der Waals surface area contributed by atoms with E-state index in [4.69, 9.17) is 4.42 Å². The molecule has 1 fully saturated rings. The van der Waals surface area contributed by atoms with Gasteiger partial charge in [-0.3, -0.25) is 9.59 Å². The molecule has 10 heteroatoms. The van der Waals surface area contributed by atoms with Crippen LogP contribution in [0, 0.1) is 5.92 Å². The summed E-state index contributed by atoms with van der Waals surface area (Å²) in [4.78, 5) is 23.5. The van der Waals surface area contributed by atoms with E-state index in [1.165, 1.54) is 29.0 Å². The highest BCUT2D eigenvalue weighted by atomic mass is 32.2. The molecule has 0 radical (unpaired) electrons. The zero-order valence-corrected chi connectivity index (χ0v) is 15.2. The Balaban J connectivity index is 1.70. The first kappa shape index (κ1) is 19.4. The number of nitrogens with one attached hydrogen (secondary N) is 2. The van der Waals surface area contributed by atoms with Gasteiger partial charge in [-0.25, -0.2) is 0 Å². The fourth-order valence-corrected chi connectivity index (χ4v) is 3.69. The topological polar surface area (TPSA) is 112 Å². The van der Waals surface area contributed by atoms with Crippen molar-refractivity contribution in [2.45, 2.75) is 19.4 Å². The van der Waals surface area contributed by atoms with E-state index < -0.39 is 22.0 Å². The number of nitrogens with zero attached hydrogens (tertiary/aromatic N) is 2. The van der Waals surface area contributed by atoms with Gasteiger partial charge < -0.3 is 15.1 Å². The van der Waals surface area contributed by atoms with E-state index in [0.29, 0.717) is 38.2 Å². The maximum Gasteiger partial charge on any atom is 0.309 e. The molecule has 25 heavy (non-hydrogen) atoms. The Kier molecular flexibility index (Phi) is 6.57. The van der Waals surface area contributed by atoms with Gasteiger partial charge in [-0.15, -0.1) is 0 Å². The van der Waals surface area contributed by atoms with Crippen molar-refractivity contribution in [3.8, 4) is 0 Å². The highest BCUT2D eigenvalue weighted by Gasteiger charge is 2.29. The van der Waals surface area contributed by atoms with Gasteiger partial charge in [-0.1, -0.05) is 0 Å². The number of piperidine rings is 1. The Bertz CT molecular complexity index is 679. The van der Waals surface area contributed by atoms with Crippen molar-refractivity contribution in [2.24, 2.45) is 5.92 Å².